The van der Waals surface area contributed by atoms with Crippen molar-refractivity contribution < 1.29 is 19.8 Å². The van der Waals surface area contributed by atoms with Crippen molar-refractivity contribution in [2.75, 3.05) is 0 Å². The Morgan fingerprint density at radius 3 is 1.87 bits per heavy atom. The molecule has 1 aromatic rings. The summed E-state index contributed by atoms with van der Waals surface area (Å²) in [5.74, 6) is -2.51. The fourth-order valence-electron chi connectivity index (χ4n) is 0.519. The second-order valence-electron chi connectivity index (χ2n) is 2.24. The van der Waals surface area contributed by atoms with Crippen LogP contribution in [-0.2, 0) is 9.59 Å². The molecule has 1 rings (SSSR count). The van der Waals surface area contributed by atoms with Gasteiger partial charge in [0.2, 0.25) is 5.56 Å². The summed E-state index contributed by atoms with van der Waals surface area (Å²) >= 11 is 0. The normalized spacial score (nSPS) is 9.07. The standard InChI is InChI=1S/C5H5NO.C4H4O4/c7-5-3-1-2-4-6-5;5-3(6)1-2-4(7)8/h1-4H,(H,6,7);1-2H,(H,5,6)(H,7,8). The molecule has 3 N–H and O–H groups in total. The number of aromatic nitrogens is 1. The minimum atomic E-state index is -1.26. The molecule has 0 atom stereocenters. The van der Waals surface area contributed by atoms with E-state index in [1.54, 1.807) is 18.3 Å². The minimum absolute atomic E-state index is 0.0532. The zero-order chi connectivity index (χ0) is 11.7. The fourth-order valence-corrected chi connectivity index (χ4v) is 0.519. The lowest BCUT2D eigenvalue weighted by molar-refractivity contribution is -0.134. The third-order valence-electron chi connectivity index (χ3n) is 1.05. The molecule has 0 fully saturated rings. The predicted octanol–water partition coefficient (Wildman–Crippen LogP) is 0.0867. The number of carboxylic acids is 2. The van der Waals surface area contributed by atoms with Crippen molar-refractivity contribution in [3.63, 3.8) is 0 Å². The van der Waals surface area contributed by atoms with E-state index in [0.717, 1.165) is 0 Å². The number of aromatic amines is 1. The van der Waals surface area contributed by atoms with Crippen molar-refractivity contribution in [2.24, 2.45) is 0 Å². The Hall–Kier alpha value is -2.37. The van der Waals surface area contributed by atoms with E-state index in [9.17, 15) is 14.4 Å². The van der Waals surface area contributed by atoms with Gasteiger partial charge >= 0.3 is 11.9 Å². The van der Waals surface area contributed by atoms with Gasteiger partial charge < -0.3 is 15.2 Å². The number of rotatable bonds is 2. The van der Waals surface area contributed by atoms with Gasteiger partial charge in [-0.25, -0.2) is 9.59 Å². The van der Waals surface area contributed by atoms with E-state index >= 15 is 0 Å². The highest BCUT2D eigenvalue weighted by molar-refractivity contribution is 5.89. The van der Waals surface area contributed by atoms with Gasteiger partial charge in [0.25, 0.3) is 0 Å². The van der Waals surface area contributed by atoms with Gasteiger partial charge in [0, 0.05) is 24.4 Å². The first-order valence-corrected chi connectivity index (χ1v) is 3.80. The van der Waals surface area contributed by atoms with Crippen LogP contribution in [0.25, 0.3) is 0 Å². The van der Waals surface area contributed by atoms with Crippen LogP contribution in [0.5, 0.6) is 0 Å². The first-order valence-electron chi connectivity index (χ1n) is 3.80. The number of H-pyrrole nitrogens is 1. The average Bonchev–Trinajstić information content (AvgIpc) is 2.17. The Bertz CT molecular complexity index is 373. The van der Waals surface area contributed by atoms with Crippen LogP contribution in [0.1, 0.15) is 0 Å². The lowest BCUT2D eigenvalue weighted by atomic mass is 10.5. The number of aliphatic carboxylic acids is 2. The molecular weight excluding hydrogens is 202 g/mol. The highest BCUT2D eigenvalue weighted by atomic mass is 16.4. The van der Waals surface area contributed by atoms with E-state index in [1.165, 1.54) is 6.07 Å². The fraction of sp³-hybridized carbons (Fsp3) is 0. The summed E-state index contributed by atoms with van der Waals surface area (Å²) in [6.07, 6.45) is 2.72. The zero-order valence-corrected chi connectivity index (χ0v) is 7.58. The smallest absolute Gasteiger partial charge is 0.328 e. The Balaban J connectivity index is 0.000000262. The molecule has 0 amide bonds. The Morgan fingerprint density at radius 1 is 1.13 bits per heavy atom. The molecule has 0 aliphatic carbocycles. The van der Waals surface area contributed by atoms with Crippen LogP contribution in [0.3, 0.4) is 0 Å². The van der Waals surface area contributed by atoms with E-state index in [1.807, 2.05) is 0 Å². The van der Waals surface area contributed by atoms with Crippen LogP contribution in [0.4, 0.5) is 0 Å². The summed E-state index contributed by atoms with van der Waals surface area (Å²) in [5.41, 5.74) is -0.0532. The third kappa shape index (κ3) is 9.54. The summed E-state index contributed by atoms with van der Waals surface area (Å²) < 4.78 is 0. The maximum absolute atomic E-state index is 10.2. The lowest BCUT2D eigenvalue weighted by Gasteiger charge is -1.74. The second kappa shape index (κ2) is 7.07. The molecule has 0 aliphatic rings. The molecule has 0 unspecified atom stereocenters. The van der Waals surface area contributed by atoms with E-state index < -0.39 is 11.9 Å². The molecule has 15 heavy (non-hydrogen) atoms. The molecule has 1 aromatic heterocycles. The van der Waals surface area contributed by atoms with E-state index in [2.05, 4.69) is 4.98 Å². The molecule has 6 nitrogen and oxygen atoms in total. The molecule has 0 radical (unpaired) electrons. The second-order valence-corrected chi connectivity index (χ2v) is 2.24. The van der Waals surface area contributed by atoms with Crippen molar-refractivity contribution >= 4 is 11.9 Å². The van der Waals surface area contributed by atoms with Gasteiger partial charge in [0.1, 0.15) is 0 Å². The van der Waals surface area contributed by atoms with Crippen LogP contribution in [0, 0.1) is 0 Å². The maximum atomic E-state index is 10.2. The molecule has 80 valence electrons. The van der Waals surface area contributed by atoms with Crippen LogP contribution < -0.4 is 5.56 Å². The summed E-state index contributed by atoms with van der Waals surface area (Å²) in [5, 5.41) is 15.6. The quantitative estimate of drug-likeness (QED) is 0.600. The zero-order valence-electron chi connectivity index (χ0n) is 7.58. The van der Waals surface area contributed by atoms with Crippen LogP contribution in [0.15, 0.2) is 41.3 Å². The third-order valence-corrected chi connectivity index (χ3v) is 1.05. The van der Waals surface area contributed by atoms with Gasteiger partial charge in [0.15, 0.2) is 0 Å². The Kier molecular flexibility index (Phi) is 5.96. The Morgan fingerprint density at radius 2 is 1.67 bits per heavy atom. The highest BCUT2D eigenvalue weighted by Crippen LogP contribution is 1.70. The number of carboxylic acid groups (broad SMARTS) is 2. The molecule has 0 aromatic carbocycles. The maximum Gasteiger partial charge on any atom is 0.328 e. The summed E-state index contributed by atoms with van der Waals surface area (Å²) in [6.45, 7) is 0. The number of hydrogen-bond donors (Lipinski definition) is 3. The molecule has 0 bridgehead atoms. The Labute approximate surface area is 84.5 Å². The largest absolute Gasteiger partial charge is 0.478 e. The van der Waals surface area contributed by atoms with Crippen LogP contribution >= 0.6 is 0 Å². The summed E-state index contributed by atoms with van der Waals surface area (Å²) in [4.78, 5) is 31.8. The monoisotopic (exact) mass is 211 g/mol. The molecule has 0 spiro atoms. The molecule has 0 aliphatic heterocycles. The molecular formula is C9H9NO5. The van der Waals surface area contributed by atoms with Crippen molar-refractivity contribution in [1.29, 1.82) is 0 Å². The summed E-state index contributed by atoms with van der Waals surface area (Å²) in [6, 6.07) is 4.93. The molecule has 0 saturated carbocycles. The number of nitrogens with one attached hydrogen (secondary N) is 1. The van der Waals surface area contributed by atoms with Gasteiger partial charge in [-0.3, -0.25) is 4.79 Å². The van der Waals surface area contributed by atoms with E-state index in [4.69, 9.17) is 10.2 Å². The van der Waals surface area contributed by atoms with Gasteiger partial charge in [0.05, 0.1) is 0 Å². The highest BCUT2D eigenvalue weighted by Gasteiger charge is 1.88. The van der Waals surface area contributed by atoms with Gasteiger partial charge in [-0.2, -0.15) is 0 Å². The predicted molar refractivity (Wildman–Crippen MR) is 51.5 cm³/mol. The first-order chi connectivity index (χ1) is 7.02. The number of hydrogen-bond acceptors (Lipinski definition) is 3. The van der Waals surface area contributed by atoms with Gasteiger partial charge in [-0.15, -0.1) is 0 Å². The first kappa shape index (κ1) is 12.6. The SMILES string of the molecule is O=C(O)C=CC(=O)O.O=c1cccc[nH]1. The van der Waals surface area contributed by atoms with Crippen molar-refractivity contribution in [1.82, 2.24) is 4.98 Å². The van der Waals surface area contributed by atoms with E-state index in [0.29, 0.717) is 12.2 Å². The number of carbonyl (C=O) groups is 2. The van der Waals surface area contributed by atoms with Crippen molar-refractivity contribution in [3.8, 4) is 0 Å². The van der Waals surface area contributed by atoms with Gasteiger partial charge in [-0.05, 0) is 6.07 Å². The molecule has 0 saturated heterocycles. The average molecular weight is 211 g/mol. The molecule has 6 heteroatoms. The van der Waals surface area contributed by atoms with Crippen LogP contribution in [-0.4, -0.2) is 27.1 Å². The lowest BCUT2D eigenvalue weighted by Crippen LogP contribution is -1.98. The van der Waals surface area contributed by atoms with E-state index in [-0.39, 0.29) is 5.56 Å². The van der Waals surface area contributed by atoms with Crippen molar-refractivity contribution in [3.05, 3.63) is 46.9 Å². The van der Waals surface area contributed by atoms with Crippen molar-refractivity contribution in [2.45, 2.75) is 0 Å². The van der Waals surface area contributed by atoms with Gasteiger partial charge in [-0.1, -0.05) is 6.07 Å². The summed E-state index contributed by atoms with van der Waals surface area (Å²) in [7, 11) is 0. The minimum Gasteiger partial charge on any atom is -0.478 e. The topological polar surface area (TPSA) is 107 Å². The van der Waals surface area contributed by atoms with Crippen LogP contribution in [0.2, 0.25) is 0 Å². The molecule has 1 heterocycles. The number of pyridine rings is 1.